The summed E-state index contributed by atoms with van der Waals surface area (Å²) in [6, 6.07) is 9.45. The quantitative estimate of drug-likeness (QED) is 0.680. The van der Waals surface area contributed by atoms with Gasteiger partial charge in [0.2, 0.25) is 0 Å². The van der Waals surface area contributed by atoms with Crippen LogP contribution in [0.25, 0.3) is 0 Å². The van der Waals surface area contributed by atoms with Crippen molar-refractivity contribution >= 4 is 5.91 Å². The van der Waals surface area contributed by atoms with Crippen LogP contribution in [0.1, 0.15) is 13.3 Å². The minimum Gasteiger partial charge on any atom is -0.473 e. The van der Waals surface area contributed by atoms with E-state index in [1.54, 1.807) is 4.90 Å². The van der Waals surface area contributed by atoms with Crippen molar-refractivity contribution < 1.29 is 14.3 Å². The second kappa shape index (κ2) is 7.68. The number of benzene rings is 1. The highest BCUT2D eigenvalue weighted by Crippen LogP contribution is 2.09. The standard InChI is InChI=1S/C13H19NO3/c1-3-9-14(13(15)10-16-2)11-17-12-7-5-4-6-8-12/h4-8H,3,9-11H2,1-2H3. The van der Waals surface area contributed by atoms with Crippen LogP contribution in [-0.4, -0.2) is 37.8 Å². The molecule has 0 aliphatic rings. The van der Waals surface area contributed by atoms with Gasteiger partial charge in [-0.25, -0.2) is 0 Å². The Morgan fingerprint density at radius 3 is 2.59 bits per heavy atom. The Morgan fingerprint density at radius 1 is 1.29 bits per heavy atom. The van der Waals surface area contributed by atoms with E-state index in [9.17, 15) is 4.79 Å². The molecule has 0 N–H and O–H groups in total. The SMILES string of the molecule is CCCN(COc1ccccc1)C(=O)COC. The number of hydrogen-bond donors (Lipinski definition) is 0. The number of amides is 1. The molecule has 0 saturated heterocycles. The van der Waals surface area contributed by atoms with E-state index in [4.69, 9.17) is 9.47 Å². The fourth-order valence-electron chi connectivity index (χ4n) is 1.42. The van der Waals surface area contributed by atoms with Gasteiger partial charge in [-0.1, -0.05) is 25.1 Å². The van der Waals surface area contributed by atoms with Crippen LogP contribution in [0.5, 0.6) is 5.75 Å². The van der Waals surface area contributed by atoms with Crippen molar-refractivity contribution in [3.05, 3.63) is 30.3 Å². The van der Waals surface area contributed by atoms with Crippen LogP contribution in [0.15, 0.2) is 30.3 Å². The Bertz CT molecular complexity index is 327. The molecular weight excluding hydrogens is 218 g/mol. The van der Waals surface area contributed by atoms with E-state index in [0.29, 0.717) is 6.54 Å². The number of carbonyl (C=O) groups is 1. The lowest BCUT2D eigenvalue weighted by Gasteiger charge is -2.21. The highest BCUT2D eigenvalue weighted by Gasteiger charge is 2.12. The topological polar surface area (TPSA) is 38.8 Å². The molecular formula is C13H19NO3. The molecule has 0 aromatic heterocycles. The van der Waals surface area contributed by atoms with Crippen molar-refractivity contribution in [3.63, 3.8) is 0 Å². The van der Waals surface area contributed by atoms with E-state index in [1.807, 2.05) is 37.3 Å². The summed E-state index contributed by atoms with van der Waals surface area (Å²) in [6.07, 6.45) is 0.896. The van der Waals surface area contributed by atoms with Gasteiger partial charge in [-0.2, -0.15) is 0 Å². The average Bonchev–Trinajstić information content (AvgIpc) is 2.36. The zero-order valence-corrected chi connectivity index (χ0v) is 10.4. The molecule has 4 nitrogen and oxygen atoms in total. The van der Waals surface area contributed by atoms with Gasteiger partial charge in [-0.15, -0.1) is 0 Å². The minimum atomic E-state index is -0.0507. The molecule has 0 saturated carbocycles. The summed E-state index contributed by atoms with van der Waals surface area (Å²) >= 11 is 0. The Labute approximate surface area is 102 Å². The van der Waals surface area contributed by atoms with Gasteiger partial charge in [0.1, 0.15) is 12.4 Å². The van der Waals surface area contributed by atoms with Gasteiger partial charge in [0.15, 0.2) is 6.73 Å². The van der Waals surface area contributed by atoms with E-state index in [2.05, 4.69) is 0 Å². The van der Waals surface area contributed by atoms with Gasteiger partial charge in [0.25, 0.3) is 5.91 Å². The van der Waals surface area contributed by atoms with Crippen molar-refractivity contribution in [2.75, 3.05) is 27.0 Å². The van der Waals surface area contributed by atoms with Gasteiger partial charge >= 0.3 is 0 Å². The Balaban J connectivity index is 2.47. The molecule has 4 heteroatoms. The predicted molar refractivity (Wildman–Crippen MR) is 65.8 cm³/mol. The molecule has 0 fully saturated rings. The van der Waals surface area contributed by atoms with Crippen LogP contribution in [0.2, 0.25) is 0 Å². The molecule has 1 aromatic carbocycles. The Hall–Kier alpha value is -1.55. The Kier molecular flexibility index (Phi) is 6.10. The number of hydrogen-bond acceptors (Lipinski definition) is 3. The van der Waals surface area contributed by atoms with Gasteiger partial charge in [0.05, 0.1) is 0 Å². The fourth-order valence-corrected chi connectivity index (χ4v) is 1.42. The third kappa shape index (κ3) is 4.87. The number of ether oxygens (including phenoxy) is 2. The van der Waals surface area contributed by atoms with Gasteiger partial charge in [0, 0.05) is 13.7 Å². The summed E-state index contributed by atoms with van der Waals surface area (Å²) in [6.45, 7) is 3.06. The summed E-state index contributed by atoms with van der Waals surface area (Å²) in [5, 5.41) is 0. The molecule has 0 heterocycles. The number of rotatable bonds is 7. The van der Waals surface area contributed by atoms with Crippen LogP contribution >= 0.6 is 0 Å². The Morgan fingerprint density at radius 2 is 2.00 bits per heavy atom. The minimum absolute atomic E-state index is 0.0507. The first kappa shape index (κ1) is 13.5. The van der Waals surface area contributed by atoms with Crippen LogP contribution in [0.4, 0.5) is 0 Å². The lowest BCUT2D eigenvalue weighted by Crippen LogP contribution is -2.37. The zero-order chi connectivity index (χ0) is 12.5. The number of methoxy groups -OCH3 is 1. The van der Waals surface area contributed by atoms with Crippen LogP contribution in [0.3, 0.4) is 0 Å². The molecule has 0 radical (unpaired) electrons. The van der Waals surface area contributed by atoms with Crippen molar-refractivity contribution in [1.82, 2.24) is 4.90 Å². The van der Waals surface area contributed by atoms with Crippen LogP contribution in [-0.2, 0) is 9.53 Å². The van der Waals surface area contributed by atoms with Gasteiger partial charge in [-0.3, -0.25) is 4.79 Å². The molecule has 1 amide bonds. The first-order valence-corrected chi connectivity index (χ1v) is 5.72. The van der Waals surface area contributed by atoms with E-state index in [-0.39, 0.29) is 19.2 Å². The van der Waals surface area contributed by atoms with E-state index in [1.165, 1.54) is 7.11 Å². The number of carbonyl (C=O) groups excluding carboxylic acids is 1. The molecule has 0 bridgehead atoms. The maximum atomic E-state index is 11.7. The fraction of sp³-hybridized carbons (Fsp3) is 0.462. The largest absolute Gasteiger partial charge is 0.473 e. The molecule has 0 aliphatic heterocycles. The summed E-state index contributed by atoms with van der Waals surface area (Å²) in [5.74, 6) is 0.712. The first-order valence-electron chi connectivity index (χ1n) is 5.72. The molecule has 0 atom stereocenters. The summed E-state index contributed by atoms with van der Waals surface area (Å²) in [4.78, 5) is 13.3. The molecule has 0 unspecified atom stereocenters. The molecule has 94 valence electrons. The maximum absolute atomic E-state index is 11.7. The molecule has 1 aromatic rings. The first-order chi connectivity index (χ1) is 8.27. The van der Waals surface area contributed by atoms with Crippen molar-refractivity contribution in [2.45, 2.75) is 13.3 Å². The number of para-hydroxylation sites is 1. The molecule has 0 aliphatic carbocycles. The lowest BCUT2D eigenvalue weighted by atomic mass is 10.3. The van der Waals surface area contributed by atoms with E-state index >= 15 is 0 Å². The number of nitrogens with zero attached hydrogens (tertiary/aromatic N) is 1. The van der Waals surface area contributed by atoms with E-state index < -0.39 is 0 Å². The second-order valence-electron chi connectivity index (χ2n) is 3.68. The van der Waals surface area contributed by atoms with Crippen LogP contribution < -0.4 is 4.74 Å². The van der Waals surface area contributed by atoms with Crippen molar-refractivity contribution in [2.24, 2.45) is 0 Å². The van der Waals surface area contributed by atoms with Crippen LogP contribution in [0, 0.1) is 0 Å². The lowest BCUT2D eigenvalue weighted by molar-refractivity contribution is -0.138. The smallest absolute Gasteiger partial charge is 0.251 e. The predicted octanol–water partition coefficient (Wildman–Crippen LogP) is 1.91. The second-order valence-corrected chi connectivity index (χ2v) is 3.68. The van der Waals surface area contributed by atoms with Crippen molar-refractivity contribution in [3.8, 4) is 5.75 Å². The summed E-state index contributed by atoms with van der Waals surface area (Å²) in [5.41, 5.74) is 0. The van der Waals surface area contributed by atoms with Crippen molar-refractivity contribution in [1.29, 1.82) is 0 Å². The van der Waals surface area contributed by atoms with Gasteiger partial charge in [-0.05, 0) is 18.6 Å². The van der Waals surface area contributed by atoms with Gasteiger partial charge < -0.3 is 14.4 Å². The average molecular weight is 237 g/mol. The monoisotopic (exact) mass is 237 g/mol. The maximum Gasteiger partial charge on any atom is 0.251 e. The summed E-state index contributed by atoms with van der Waals surface area (Å²) in [7, 11) is 1.51. The molecule has 1 rings (SSSR count). The summed E-state index contributed by atoms with van der Waals surface area (Å²) < 4.78 is 10.4. The van der Waals surface area contributed by atoms with E-state index in [0.717, 1.165) is 12.2 Å². The molecule has 0 spiro atoms. The third-order valence-corrected chi connectivity index (χ3v) is 2.24. The third-order valence-electron chi connectivity index (χ3n) is 2.24. The zero-order valence-electron chi connectivity index (χ0n) is 10.4. The normalized spacial score (nSPS) is 10.0. The highest BCUT2D eigenvalue weighted by molar-refractivity contribution is 5.77. The highest BCUT2D eigenvalue weighted by atomic mass is 16.5. The molecule has 17 heavy (non-hydrogen) atoms.